The third kappa shape index (κ3) is 5.87. The molecule has 218 valence electrons. The van der Waals surface area contributed by atoms with E-state index < -0.39 is 0 Å². The molecule has 1 aromatic rings. The molecule has 0 amide bonds. The molecule has 4 heteroatoms. The summed E-state index contributed by atoms with van der Waals surface area (Å²) in [5.74, 6) is 5.86. The molecule has 4 aliphatic rings. The maximum Gasteiger partial charge on any atom is 0.310 e. The first-order valence-electron chi connectivity index (χ1n) is 16.4. The summed E-state index contributed by atoms with van der Waals surface area (Å²) in [6.45, 7) is 10.7. The van der Waals surface area contributed by atoms with Gasteiger partial charge in [0.2, 0.25) is 0 Å². The van der Waals surface area contributed by atoms with Crippen LogP contribution in [0.2, 0.25) is 0 Å². The fourth-order valence-electron chi connectivity index (χ4n) is 10.6. The highest BCUT2D eigenvalue weighted by Gasteiger charge is 2.60. The van der Waals surface area contributed by atoms with E-state index in [-0.39, 0.29) is 12.4 Å². The number of carbonyl (C=O) groups is 1. The number of ether oxygens (including phenoxy) is 1. The van der Waals surface area contributed by atoms with E-state index in [2.05, 4.69) is 27.7 Å². The minimum atomic E-state index is -0.197. The van der Waals surface area contributed by atoms with Crippen LogP contribution >= 0.6 is 0 Å². The zero-order valence-electron chi connectivity index (χ0n) is 25.4. The van der Waals surface area contributed by atoms with Gasteiger partial charge in [-0.05, 0) is 134 Å². The number of rotatable bonds is 9. The zero-order valence-corrected chi connectivity index (χ0v) is 25.4. The quantitative estimate of drug-likeness (QED) is 0.245. The Morgan fingerprint density at radius 3 is 2.41 bits per heavy atom. The Morgan fingerprint density at radius 2 is 1.64 bits per heavy atom. The van der Waals surface area contributed by atoms with Crippen LogP contribution in [0, 0.1) is 52.3 Å². The number of benzene rings is 1. The van der Waals surface area contributed by atoms with Crippen LogP contribution in [0.4, 0.5) is 11.4 Å². The van der Waals surface area contributed by atoms with Gasteiger partial charge in [0.1, 0.15) is 0 Å². The molecule has 9 atom stereocenters. The first-order chi connectivity index (χ1) is 18.6. The number of fused-ring (bicyclic) bond motifs is 5. The number of nitrogen functional groups attached to an aromatic ring is 2. The van der Waals surface area contributed by atoms with Crippen LogP contribution < -0.4 is 11.5 Å². The van der Waals surface area contributed by atoms with Crippen molar-refractivity contribution in [2.24, 2.45) is 52.3 Å². The van der Waals surface area contributed by atoms with E-state index >= 15 is 0 Å². The molecule has 5 rings (SSSR count). The molecule has 2 unspecified atom stereocenters. The van der Waals surface area contributed by atoms with Crippen LogP contribution in [0.1, 0.15) is 117 Å². The molecule has 4 nitrogen and oxygen atoms in total. The summed E-state index contributed by atoms with van der Waals surface area (Å²) < 4.78 is 5.61. The smallest absolute Gasteiger partial charge is 0.310 e. The lowest BCUT2D eigenvalue weighted by molar-refractivity contribution is -0.144. The fraction of sp³-hybridized carbons (Fsp3) is 0.800. The standard InChI is InChI=1S/C35H56N2O2/c1-23(22-39-33(38)20-25-18-27(36)21-28(37)19-25)8-7-9-24(2)30-13-14-31-29-12-11-26-10-5-6-16-34(26,3)32(29)15-17-35(30,31)4/h18-19,21,23-24,26,29-32H,5-17,20,22,36-37H2,1-4H3/t23?,24-,26?,29+,30-,31+,32+,34+,35-/m1/s1. The zero-order chi connectivity index (χ0) is 27.8. The Labute approximate surface area is 238 Å². The maximum absolute atomic E-state index is 12.4. The van der Waals surface area contributed by atoms with Crippen LogP contribution in [0.15, 0.2) is 18.2 Å². The van der Waals surface area contributed by atoms with Gasteiger partial charge in [-0.15, -0.1) is 0 Å². The Bertz CT molecular complexity index is 988. The molecule has 39 heavy (non-hydrogen) atoms. The third-order valence-corrected chi connectivity index (χ3v) is 12.6. The largest absolute Gasteiger partial charge is 0.465 e. The van der Waals surface area contributed by atoms with Crippen molar-refractivity contribution in [1.82, 2.24) is 0 Å². The molecule has 4 fully saturated rings. The first kappa shape index (κ1) is 28.8. The van der Waals surface area contributed by atoms with E-state index in [9.17, 15) is 4.79 Å². The van der Waals surface area contributed by atoms with Gasteiger partial charge in [-0.3, -0.25) is 4.79 Å². The second-order valence-corrected chi connectivity index (χ2v) is 15.0. The summed E-state index contributed by atoms with van der Waals surface area (Å²) in [6, 6.07) is 5.30. The molecular weight excluding hydrogens is 480 g/mol. The van der Waals surface area contributed by atoms with Gasteiger partial charge in [-0.2, -0.15) is 0 Å². The van der Waals surface area contributed by atoms with Gasteiger partial charge in [0.05, 0.1) is 13.0 Å². The van der Waals surface area contributed by atoms with Crippen molar-refractivity contribution in [2.45, 2.75) is 118 Å². The second-order valence-electron chi connectivity index (χ2n) is 15.0. The monoisotopic (exact) mass is 536 g/mol. The molecule has 0 heterocycles. The van der Waals surface area contributed by atoms with E-state index in [4.69, 9.17) is 16.2 Å². The van der Waals surface area contributed by atoms with Gasteiger partial charge in [0.25, 0.3) is 0 Å². The van der Waals surface area contributed by atoms with Crippen LogP contribution in [-0.4, -0.2) is 12.6 Å². The van der Waals surface area contributed by atoms with Gasteiger partial charge >= 0.3 is 5.97 Å². The van der Waals surface area contributed by atoms with Gasteiger partial charge in [-0.25, -0.2) is 0 Å². The molecular formula is C35H56N2O2. The van der Waals surface area contributed by atoms with Crippen molar-refractivity contribution in [2.75, 3.05) is 18.1 Å². The van der Waals surface area contributed by atoms with Crippen LogP contribution in [0.5, 0.6) is 0 Å². The van der Waals surface area contributed by atoms with Crippen LogP contribution in [-0.2, 0) is 16.0 Å². The van der Waals surface area contributed by atoms with Crippen molar-refractivity contribution in [3.05, 3.63) is 23.8 Å². The van der Waals surface area contributed by atoms with Crippen molar-refractivity contribution in [1.29, 1.82) is 0 Å². The van der Waals surface area contributed by atoms with Gasteiger partial charge in [0.15, 0.2) is 0 Å². The van der Waals surface area contributed by atoms with E-state index in [1.165, 1.54) is 77.0 Å². The van der Waals surface area contributed by atoms with Crippen LogP contribution in [0.3, 0.4) is 0 Å². The Morgan fingerprint density at radius 1 is 0.897 bits per heavy atom. The molecule has 4 N–H and O–H groups in total. The predicted molar refractivity (Wildman–Crippen MR) is 162 cm³/mol. The summed E-state index contributed by atoms with van der Waals surface area (Å²) >= 11 is 0. The number of hydrogen-bond acceptors (Lipinski definition) is 4. The van der Waals surface area contributed by atoms with E-state index in [1.807, 2.05) is 0 Å². The van der Waals surface area contributed by atoms with E-state index in [1.54, 1.807) is 18.2 Å². The van der Waals surface area contributed by atoms with Gasteiger partial charge in [-0.1, -0.05) is 53.4 Å². The molecule has 1 aromatic carbocycles. The number of nitrogens with two attached hydrogens (primary N) is 2. The summed E-state index contributed by atoms with van der Waals surface area (Å²) in [6.07, 6.45) is 18.8. The molecule has 4 saturated carbocycles. The molecule has 0 radical (unpaired) electrons. The summed E-state index contributed by atoms with van der Waals surface area (Å²) in [5.41, 5.74) is 14.9. The maximum atomic E-state index is 12.4. The van der Waals surface area contributed by atoms with Crippen molar-refractivity contribution >= 4 is 17.3 Å². The summed E-state index contributed by atoms with van der Waals surface area (Å²) in [7, 11) is 0. The van der Waals surface area contributed by atoms with E-state index in [0.29, 0.717) is 34.7 Å². The molecule has 0 aliphatic heterocycles. The Kier molecular flexibility index (Phi) is 8.60. The number of anilines is 2. The third-order valence-electron chi connectivity index (χ3n) is 12.6. The van der Waals surface area contributed by atoms with Gasteiger partial charge in [0, 0.05) is 11.4 Å². The van der Waals surface area contributed by atoms with Crippen molar-refractivity contribution in [3.63, 3.8) is 0 Å². The van der Waals surface area contributed by atoms with Gasteiger partial charge < -0.3 is 16.2 Å². The summed E-state index contributed by atoms with van der Waals surface area (Å²) in [5, 5.41) is 0. The predicted octanol–water partition coefficient (Wildman–Crippen LogP) is 8.43. The highest BCUT2D eigenvalue weighted by atomic mass is 16.5. The minimum absolute atomic E-state index is 0.197. The molecule has 0 saturated heterocycles. The normalized spacial score (nSPS) is 37.3. The number of carbonyl (C=O) groups excluding carboxylic acids is 1. The lowest BCUT2D eigenvalue weighted by atomic mass is 9.44. The summed E-state index contributed by atoms with van der Waals surface area (Å²) in [4.78, 5) is 12.4. The molecule has 0 bridgehead atoms. The minimum Gasteiger partial charge on any atom is -0.465 e. The topological polar surface area (TPSA) is 78.3 Å². The Hall–Kier alpha value is -1.71. The SMILES string of the molecule is CC(CCC[C@@H](C)[C@H]1CC[C@H]2[C@@H]3CCC4CCCC[C@]4(C)[C@H]3CC[C@]12C)COC(=O)Cc1cc(N)cc(N)c1. The average molecular weight is 537 g/mol. The molecule has 0 aromatic heterocycles. The van der Waals surface area contributed by atoms with Crippen molar-refractivity contribution < 1.29 is 9.53 Å². The fourth-order valence-corrected chi connectivity index (χ4v) is 10.6. The Balaban J connectivity index is 1.07. The number of hydrogen-bond donors (Lipinski definition) is 2. The first-order valence-corrected chi connectivity index (χ1v) is 16.4. The lowest BCUT2D eigenvalue weighted by Crippen LogP contribution is -2.53. The molecule has 0 spiro atoms. The van der Waals surface area contributed by atoms with E-state index in [0.717, 1.165) is 47.5 Å². The lowest BCUT2D eigenvalue weighted by Gasteiger charge is -2.61. The second kappa shape index (κ2) is 11.6. The highest BCUT2D eigenvalue weighted by Crippen LogP contribution is 2.68. The average Bonchev–Trinajstić information content (AvgIpc) is 3.24. The number of esters is 1. The highest BCUT2D eigenvalue weighted by molar-refractivity contribution is 5.73. The van der Waals surface area contributed by atoms with Crippen molar-refractivity contribution in [3.8, 4) is 0 Å². The molecule has 4 aliphatic carbocycles. The van der Waals surface area contributed by atoms with Crippen LogP contribution in [0.25, 0.3) is 0 Å².